The van der Waals surface area contributed by atoms with Crippen molar-refractivity contribution in [2.45, 2.75) is 25.4 Å². The molecule has 0 amide bonds. The molecule has 1 aromatic carbocycles. The van der Waals surface area contributed by atoms with E-state index in [0.29, 0.717) is 6.42 Å². The van der Waals surface area contributed by atoms with Gasteiger partial charge in [-0.25, -0.2) is 0 Å². The van der Waals surface area contributed by atoms with Gasteiger partial charge in [0, 0.05) is 19.6 Å². The van der Waals surface area contributed by atoms with Crippen molar-refractivity contribution in [1.29, 1.82) is 0 Å². The zero-order valence-corrected chi connectivity index (χ0v) is 10.7. The molecular formula is C14H20N2O2. The summed E-state index contributed by atoms with van der Waals surface area (Å²) in [4.78, 5) is 13.2. The van der Waals surface area contributed by atoms with Gasteiger partial charge in [-0.1, -0.05) is 24.3 Å². The Labute approximate surface area is 108 Å². The monoisotopic (exact) mass is 248 g/mol. The Bertz CT molecular complexity index is 420. The molecule has 1 aliphatic heterocycles. The van der Waals surface area contributed by atoms with Crippen LogP contribution < -0.4 is 5.32 Å². The molecule has 1 heterocycles. The lowest BCUT2D eigenvalue weighted by atomic mass is 9.99. The zero-order chi connectivity index (χ0) is 13.0. The van der Waals surface area contributed by atoms with Crippen molar-refractivity contribution in [3.05, 3.63) is 35.4 Å². The highest BCUT2D eigenvalue weighted by molar-refractivity contribution is 5.73. The molecule has 0 bridgehead atoms. The molecule has 4 heteroatoms. The highest BCUT2D eigenvalue weighted by Crippen LogP contribution is 2.18. The number of fused-ring (bicyclic) bond motifs is 1. The molecule has 0 radical (unpaired) electrons. The number of benzene rings is 1. The Kier molecular flexibility index (Phi) is 4.33. The van der Waals surface area contributed by atoms with Crippen LogP contribution in [0.1, 0.15) is 17.5 Å². The second-order valence-corrected chi connectivity index (χ2v) is 4.76. The molecule has 0 saturated heterocycles. The van der Waals surface area contributed by atoms with Gasteiger partial charge in [-0.05, 0) is 31.0 Å². The summed E-state index contributed by atoms with van der Waals surface area (Å²) in [7, 11) is 1.70. The van der Waals surface area contributed by atoms with Crippen molar-refractivity contribution in [1.82, 2.24) is 10.2 Å². The van der Waals surface area contributed by atoms with Crippen molar-refractivity contribution in [2.24, 2.45) is 0 Å². The number of carboxylic acids is 1. The average Bonchev–Trinajstić information content (AvgIpc) is 2.39. The predicted molar refractivity (Wildman–Crippen MR) is 70.5 cm³/mol. The fourth-order valence-corrected chi connectivity index (χ4v) is 2.45. The van der Waals surface area contributed by atoms with Crippen molar-refractivity contribution >= 4 is 5.97 Å². The molecule has 2 N–H and O–H groups in total. The molecule has 0 spiro atoms. The number of likely N-dealkylation sites (N-methyl/N-ethyl adjacent to an activating group) is 1. The maximum atomic E-state index is 10.9. The summed E-state index contributed by atoms with van der Waals surface area (Å²) in [5.74, 6) is -0.769. The first kappa shape index (κ1) is 13.1. The first-order valence-corrected chi connectivity index (χ1v) is 6.40. The highest BCUT2D eigenvalue weighted by atomic mass is 16.4. The minimum atomic E-state index is -0.769. The number of hydrogen-bond donors (Lipinski definition) is 2. The van der Waals surface area contributed by atoms with Crippen molar-refractivity contribution in [3.8, 4) is 0 Å². The third-order valence-electron chi connectivity index (χ3n) is 3.59. The summed E-state index contributed by atoms with van der Waals surface area (Å²) in [6, 6.07) is 8.04. The van der Waals surface area contributed by atoms with E-state index in [9.17, 15) is 4.79 Å². The third-order valence-corrected chi connectivity index (χ3v) is 3.59. The quantitative estimate of drug-likeness (QED) is 0.819. The molecule has 1 aliphatic rings. The van der Waals surface area contributed by atoms with Gasteiger partial charge in [0.15, 0.2) is 0 Å². The Hall–Kier alpha value is -1.39. The van der Waals surface area contributed by atoms with Gasteiger partial charge in [-0.15, -0.1) is 0 Å². The smallest absolute Gasteiger partial charge is 0.320 e. The van der Waals surface area contributed by atoms with Crippen LogP contribution in [0.15, 0.2) is 24.3 Å². The lowest BCUT2D eigenvalue weighted by molar-refractivity contribution is -0.139. The molecular weight excluding hydrogens is 228 g/mol. The Morgan fingerprint density at radius 3 is 2.83 bits per heavy atom. The summed E-state index contributed by atoms with van der Waals surface area (Å²) in [6.07, 6.45) is 1.71. The Morgan fingerprint density at radius 1 is 1.44 bits per heavy atom. The number of carboxylic acid groups (broad SMARTS) is 1. The van der Waals surface area contributed by atoms with Crippen LogP contribution in [0.3, 0.4) is 0 Å². The largest absolute Gasteiger partial charge is 0.480 e. The van der Waals surface area contributed by atoms with E-state index < -0.39 is 12.0 Å². The molecule has 0 aromatic heterocycles. The zero-order valence-electron chi connectivity index (χ0n) is 10.7. The van der Waals surface area contributed by atoms with E-state index in [2.05, 4.69) is 34.5 Å². The number of rotatable bonds is 5. The predicted octanol–water partition coefficient (Wildman–Crippen LogP) is 1.11. The van der Waals surface area contributed by atoms with Gasteiger partial charge in [0.1, 0.15) is 6.04 Å². The first-order valence-electron chi connectivity index (χ1n) is 6.40. The summed E-state index contributed by atoms with van der Waals surface area (Å²) >= 11 is 0. The van der Waals surface area contributed by atoms with Crippen molar-refractivity contribution < 1.29 is 9.90 Å². The van der Waals surface area contributed by atoms with Crippen molar-refractivity contribution in [2.75, 3.05) is 20.1 Å². The topological polar surface area (TPSA) is 52.6 Å². The van der Waals surface area contributed by atoms with Gasteiger partial charge in [0.25, 0.3) is 0 Å². The molecule has 0 saturated carbocycles. The van der Waals surface area contributed by atoms with Crippen LogP contribution in [0.2, 0.25) is 0 Å². The van der Waals surface area contributed by atoms with Crippen LogP contribution in [-0.2, 0) is 17.8 Å². The third kappa shape index (κ3) is 3.09. The van der Waals surface area contributed by atoms with Gasteiger partial charge in [0.2, 0.25) is 0 Å². The lowest BCUT2D eigenvalue weighted by Gasteiger charge is -2.29. The Morgan fingerprint density at radius 2 is 2.17 bits per heavy atom. The van der Waals surface area contributed by atoms with Crippen LogP contribution in [0.4, 0.5) is 0 Å². The van der Waals surface area contributed by atoms with E-state index in [4.69, 9.17) is 5.11 Å². The van der Waals surface area contributed by atoms with Gasteiger partial charge in [-0.3, -0.25) is 9.69 Å². The number of hydrogen-bond acceptors (Lipinski definition) is 3. The molecule has 1 unspecified atom stereocenters. The molecule has 18 heavy (non-hydrogen) atoms. The average molecular weight is 248 g/mol. The molecule has 1 atom stereocenters. The summed E-state index contributed by atoms with van der Waals surface area (Å²) in [6.45, 7) is 2.78. The van der Waals surface area contributed by atoms with Crippen LogP contribution in [0.5, 0.6) is 0 Å². The lowest BCUT2D eigenvalue weighted by Crippen LogP contribution is -2.39. The molecule has 0 aliphatic carbocycles. The maximum Gasteiger partial charge on any atom is 0.320 e. The number of aliphatic carboxylic acids is 1. The van der Waals surface area contributed by atoms with E-state index in [1.807, 2.05) is 0 Å². The summed E-state index contributed by atoms with van der Waals surface area (Å²) in [5.41, 5.74) is 2.80. The minimum Gasteiger partial charge on any atom is -0.480 e. The normalized spacial score (nSPS) is 17.2. The molecule has 1 aromatic rings. The number of nitrogens with zero attached hydrogens (tertiary/aromatic N) is 1. The van der Waals surface area contributed by atoms with E-state index in [1.165, 1.54) is 11.1 Å². The first-order chi connectivity index (χ1) is 8.70. The van der Waals surface area contributed by atoms with Gasteiger partial charge in [0.05, 0.1) is 0 Å². The van der Waals surface area contributed by atoms with E-state index in [-0.39, 0.29) is 0 Å². The second kappa shape index (κ2) is 5.98. The van der Waals surface area contributed by atoms with Gasteiger partial charge < -0.3 is 10.4 Å². The van der Waals surface area contributed by atoms with Crippen LogP contribution >= 0.6 is 0 Å². The Balaban J connectivity index is 1.88. The molecule has 0 fully saturated rings. The summed E-state index contributed by atoms with van der Waals surface area (Å²) in [5, 5.41) is 11.8. The maximum absolute atomic E-state index is 10.9. The fraction of sp³-hybridized carbons (Fsp3) is 0.500. The van der Waals surface area contributed by atoms with Crippen LogP contribution in [0.25, 0.3) is 0 Å². The minimum absolute atomic E-state index is 0.442. The summed E-state index contributed by atoms with van der Waals surface area (Å²) < 4.78 is 0. The molecule has 4 nitrogen and oxygen atoms in total. The van der Waals surface area contributed by atoms with Crippen LogP contribution in [-0.4, -0.2) is 42.2 Å². The van der Waals surface area contributed by atoms with E-state index in [0.717, 1.165) is 26.1 Å². The van der Waals surface area contributed by atoms with E-state index in [1.54, 1.807) is 7.05 Å². The highest BCUT2D eigenvalue weighted by Gasteiger charge is 2.19. The molecule has 98 valence electrons. The standard InChI is InChI=1S/C14H20N2O2/c1-15-13(14(17)18)7-9-16-8-6-11-4-2-3-5-12(11)10-16/h2-5,13,15H,6-10H2,1H3,(H,17,18). The second-order valence-electron chi connectivity index (χ2n) is 4.76. The SMILES string of the molecule is CNC(CCN1CCc2ccccc2C1)C(=O)O. The number of nitrogens with one attached hydrogen (secondary N) is 1. The fourth-order valence-electron chi connectivity index (χ4n) is 2.45. The van der Waals surface area contributed by atoms with Gasteiger partial charge >= 0.3 is 5.97 Å². The van der Waals surface area contributed by atoms with Crippen LogP contribution in [0, 0.1) is 0 Å². The molecule has 2 rings (SSSR count). The van der Waals surface area contributed by atoms with Gasteiger partial charge in [-0.2, -0.15) is 0 Å². The van der Waals surface area contributed by atoms with E-state index >= 15 is 0 Å². The van der Waals surface area contributed by atoms with Crippen molar-refractivity contribution in [3.63, 3.8) is 0 Å². The number of carbonyl (C=O) groups is 1.